The first-order valence-electron chi connectivity index (χ1n) is 13.4. The van der Waals surface area contributed by atoms with Crippen LogP contribution in [0, 0.1) is 0 Å². The van der Waals surface area contributed by atoms with Crippen LogP contribution in [0.2, 0.25) is 0 Å². The van der Waals surface area contributed by atoms with Gasteiger partial charge < -0.3 is 39.1 Å². The predicted octanol–water partition coefficient (Wildman–Crippen LogP) is 4.84. The van der Waals surface area contributed by atoms with Gasteiger partial charge in [0.1, 0.15) is 17.2 Å². The quantitative estimate of drug-likeness (QED) is 0.174. The molecule has 41 heavy (non-hydrogen) atoms. The van der Waals surface area contributed by atoms with Gasteiger partial charge in [-0.15, -0.1) is 0 Å². The number of para-hydroxylation sites is 1. The number of anilines is 2. The number of hydrogen-bond acceptors (Lipinski definition) is 10. The number of methoxy groups -OCH3 is 4. The highest BCUT2D eigenvalue weighted by Gasteiger charge is 2.12. The van der Waals surface area contributed by atoms with Gasteiger partial charge in [0.25, 0.3) is 0 Å². The van der Waals surface area contributed by atoms with Crippen molar-refractivity contribution >= 4 is 22.5 Å². The fourth-order valence-corrected chi connectivity index (χ4v) is 4.24. The van der Waals surface area contributed by atoms with Crippen molar-refractivity contribution in [3.8, 4) is 28.4 Å². The first-order chi connectivity index (χ1) is 20.1. The second-order valence-corrected chi connectivity index (χ2v) is 9.09. The zero-order valence-electron chi connectivity index (χ0n) is 24.1. The summed E-state index contributed by atoms with van der Waals surface area (Å²) in [5.74, 6) is 2.57. The minimum atomic E-state index is 0.462. The Labute approximate surface area is 240 Å². The van der Waals surface area contributed by atoms with Crippen molar-refractivity contribution in [2.75, 3.05) is 73.3 Å². The minimum absolute atomic E-state index is 0.462. The molecule has 0 unspecified atom stereocenters. The summed E-state index contributed by atoms with van der Waals surface area (Å²) < 4.78 is 32.5. The minimum Gasteiger partial charge on any atom is -0.497 e. The first-order valence-corrected chi connectivity index (χ1v) is 13.4. The van der Waals surface area contributed by atoms with E-state index in [1.54, 1.807) is 28.4 Å². The molecule has 0 aliphatic rings. The summed E-state index contributed by atoms with van der Waals surface area (Å²) in [4.78, 5) is 9.44. The van der Waals surface area contributed by atoms with Gasteiger partial charge in [0.2, 0.25) is 5.95 Å². The van der Waals surface area contributed by atoms with Crippen molar-refractivity contribution in [1.29, 1.82) is 0 Å². The van der Waals surface area contributed by atoms with Crippen LogP contribution in [-0.4, -0.2) is 78.0 Å². The van der Waals surface area contributed by atoms with E-state index in [1.807, 2.05) is 60.8 Å². The second kappa shape index (κ2) is 15.7. The number of benzene rings is 3. The molecule has 0 aliphatic carbocycles. The third kappa shape index (κ3) is 8.51. The predicted molar refractivity (Wildman–Crippen MR) is 160 cm³/mol. The van der Waals surface area contributed by atoms with E-state index in [1.165, 1.54) is 0 Å². The smallest absolute Gasteiger partial charge is 0.227 e. The fraction of sp³-hybridized carbons (Fsp3) is 0.355. The summed E-state index contributed by atoms with van der Waals surface area (Å²) in [5, 5.41) is 7.67. The zero-order valence-corrected chi connectivity index (χ0v) is 24.1. The second-order valence-electron chi connectivity index (χ2n) is 9.09. The van der Waals surface area contributed by atoms with Crippen LogP contribution >= 0.6 is 0 Å². The van der Waals surface area contributed by atoms with Crippen LogP contribution in [0.3, 0.4) is 0 Å². The Morgan fingerprint density at radius 3 is 2.24 bits per heavy atom. The van der Waals surface area contributed by atoms with Gasteiger partial charge in [-0.3, -0.25) is 0 Å². The summed E-state index contributed by atoms with van der Waals surface area (Å²) in [6.07, 6.45) is 1.81. The van der Waals surface area contributed by atoms with E-state index in [0.717, 1.165) is 39.8 Å². The lowest BCUT2D eigenvalue weighted by atomic mass is 10.0. The summed E-state index contributed by atoms with van der Waals surface area (Å²) in [7, 11) is 6.57. The molecule has 2 N–H and O–H groups in total. The molecular formula is C31H38N4O6. The Morgan fingerprint density at radius 1 is 0.756 bits per heavy atom. The van der Waals surface area contributed by atoms with Crippen LogP contribution in [0.4, 0.5) is 11.6 Å². The molecule has 4 aromatic rings. The van der Waals surface area contributed by atoms with Gasteiger partial charge in [-0.2, -0.15) is 0 Å². The van der Waals surface area contributed by atoms with Gasteiger partial charge in [0, 0.05) is 43.4 Å². The number of nitrogens with zero attached hydrogens (tertiary/aromatic N) is 2. The molecule has 0 saturated carbocycles. The van der Waals surface area contributed by atoms with Crippen LogP contribution in [0.15, 0.2) is 60.8 Å². The van der Waals surface area contributed by atoms with Crippen molar-refractivity contribution in [2.45, 2.75) is 6.54 Å². The highest BCUT2D eigenvalue weighted by atomic mass is 16.5. The summed E-state index contributed by atoms with van der Waals surface area (Å²) in [6.45, 7) is 4.28. The van der Waals surface area contributed by atoms with E-state index >= 15 is 0 Å². The molecule has 1 aromatic heterocycles. The van der Waals surface area contributed by atoms with Crippen LogP contribution in [-0.2, 0) is 20.8 Å². The molecule has 10 heteroatoms. The molecule has 0 saturated heterocycles. The van der Waals surface area contributed by atoms with Gasteiger partial charge in [0.05, 0.1) is 65.6 Å². The number of ether oxygens (including phenoxy) is 6. The van der Waals surface area contributed by atoms with Crippen LogP contribution < -0.4 is 24.8 Å². The van der Waals surface area contributed by atoms with Gasteiger partial charge >= 0.3 is 0 Å². The Balaban J connectivity index is 1.44. The molecule has 0 fully saturated rings. The Morgan fingerprint density at radius 2 is 1.51 bits per heavy atom. The molecule has 3 aromatic carbocycles. The van der Waals surface area contributed by atoms with Crippen LogP contribution in [0.25, 0.3) is 22.0 Å². The standard InChI is InChI=1S/C31H38N4O6/c1-36-12-13-41-15-14-40-11-10-32-20-22-8-9-29(39-4)28(16-22)34-31-33-21-23-6-5-7-27(30(23)35-31)24-17-25(37-2)19-26(18-24)38-3/h5-9,16-19,21,32H,10-15,20H2,1-4H3,(H,33,34,35). The summed E-state index contributed by atoms with van der Waals surface area (Å²) >= 11 is 0. The first kappa shape index (κ1) is 30.0. The lowest BCUT2D eigenvalue weighted by Gasteiger charge is -2.14. The average Bonchev–Trinajstić information content (AvgIpc) is 3.01. The van der Waals surface area contributed by atoms with Crippen molar-refractivity contribution in [3.05, 3.63) is 66.4 Å². The van der Waals surface area contributed by atoms with E-state index in [0.29, 0.717) is 62.8 Å². The van der Waals surface area contributed by atoms with Crippen molar-refractivity contribution in [2.24, 2.45) is 0 Å². The van der Waals surface area contributed by atoms with Crippen LogP contribution in [0.5, 0.6) is 17.2 Å². The largest absolute Gasteiger partial charge is 0.497 e. The normalized spacial score (nSPS) is 11.0. The fourth-order valence-electron chi connectivity index (χ4n) is 4.24. The molecule has 0 spiro atoms. The van der Waals surface area contributed by atoms with Crippen molar-refractivity contribution < 1.29 is 28.4 Å². The molecule has 218 valence electrons. The van der Waals surface area contributed by atoms with Gasteiger partial charge in [-0.05, 0) is 35.4 Å². The van der Waals surface area contributed by atoms with Crippen LogP contribution in [0.1, 0.15) is 5.56 Å². The van der Waals surface area contributed by atoms with E-state index < -0.39 is 0 Å². The maximum absolute atomic E-state index is 5.60. The molecule has 0 aliphatic heterocycles. The zero-order chi connectivity index (χ0) is 28.9. The van der Waals surface area contributed by atoms with Gasteiger partial charge in [-0.1, -0.05) is 24.3 Å². The average molecular weight is 563 g/mol. The SMILES string of the molecule is COCCOCCOCCNCc1ccc(OC)c(Nc2ncc3cccc(-c4cc(OC)cc(OC)c4)c3n2)c1. The number of rotatable bonds is 17. The summed E-state index contributed by atoms with van der Waals surface area (Å²) in [6, 6.07) is 17.8. The third-order valence-electron chi connectivity index (χ3n) is 6.34. The maximum Gasteiger partial charge on any atom is 0.227 e. The topological polar surface area (TPSA) is 105 Å². The number of hydrogen-bond donors (Lipinski definition) is 2. The van der Waals surface area contributed by atoms with E-state index in [9.17, 15) is 0 Å². The molecule has 0 radical (unpaired) electrons. The molecular weight excluding hydrogens is 524 g/mol. The highest BCUT2D eigenvalue weighted by Crippen LogP contribution is 2.34. The Hall–Kier alpha value is -3.96. The maximum atomic E-state index is 5.60. The summed E-state index contributed by atoms with van der Waals surface area (Å²) in [5.41, 5.74) is 4.54. The molecule has 1 heterocycles. The Bertz CT molecular complexity index is 1380. The monoisotopic (exact) mass is 562 g/mol. The molecule has 10 nitrogen and oxygen atoms in total. The number of fused-ring (bicyclic) bond motifs is 1. The van der Waals surface area contributed by atoms with E-state index in [4.69, 9.17) is 33.4 Å². The highest BCUT2D eigenvalue weighted by molar-refractivity contribution is 5.94. The Kier molecular flexibility index (Phi) is 11.5. The lowest BCUT2D eigenvalue weighted by Crippen LogP contribution is -2.20. The van der Waals surface area contributed by atoms with Crippen molar-refractivity contribution in [3.63, 3.8) is 0 Å². The lowest BCUT2D eigenvalue weighted by molar-refractivity contribution is 0.0255. The van der Waals surface area contributed by atoms with E-state index in [-0.39, 0.29) is 0 Å². The molecule has 0 atom stereocenters. The number of aromatic nitrogens is 2. The van der Waals surface area contributed by atoms with Crippen molar-refractivity contribution in [1.82, 2.24) is 15.3 Å². The molecule has 4 rings (SSSR count). The van der Waals surface area contributed by atoms with Gasteiger partial charge in [-0.25, -0.2) is 9.97 Å². The van der Waals surface area contributed by atoms with E-state index in [2.05, 4.69) is 15.6 Å². The van der Waals surface area contributed by atoms with Gasteiger partial charge in [0.15, 0.2) is 0 Å². The molecule has 0 amide bonds. The third-order valence-corrected chi connectivity index (χ3v) is 6.34. The number of nitrogens with one attached hydrogen (secondary N) is 2. The molecule has 0 bridgehead atoms.